The Morgan fingerprint density at radius 3 is 2.73 bits per heavy atom. The van der Waals surface area contributed by atoms with Crippen LogP contribution in [0, 0.1) is 0 Å². The molecule has 1 N–H and O–H groups in total. The number of carbonyl (C=O) groups is 1. The first-order chi connectivity index (χ1) is 12.7. The standard InChI is InChI=1S/C21H16N2O2S/c1-25-15-9-7-13(8-10-15)20(24)23-21-22-19-16-4-2-3-12-5-6-14(18(12)16)11-17(19)26-21/h2-4,7-11H,5-6H2,1H3,(H,22,23,24). The van der Waals surface area contributed by atoms with Crippen molar-refractivity contribution >= 4 is 43.4 Å². The molecular weight excluding hydrogens is 344 g/mol. The summed E-state index contributed by atoms with van der Waals surface area (Å²) in [6.07, 6.45) is 2.18. The molecule has 0 aliphatic heterocycles. The van der Waals surface area contributed by atoms with Gasteiger partial charge in [0.2, 0.25) is 0 Å². The minimum Gasteiger partial charge on any atom is -0.497 e. The van der Waals surface area contributed by atoms with Crippen LogP contribution in [0.15, 0.2) is 48.5 Å². The first kappa shape index (κ1) is 15.3. The highest BCUT2D eigenvalue weighted by atomic mass is 32.1. The fourth-order valence-corrected chi connectivity index (χ4v) is 4.61. The molecule has 1 heterocycles. The van der Waals surface area contributed by atoms with Crippen LogP contribution in [0.1, 0.15) is 21.5 Å². The molecule has 4 nitrogen and oxygen atoms in total. The maximum atomic E-state index is 12.5. The molecule has 128 valence electrons. The second-order valence-corrected chi connectivity index (χ2v) is 7.45. The minimum absolute atomic E-state index is 0.163. The lowest BCUT2D eigenvalue weighted by Gasteiger charge is -2.03. The van der Waals surface area contributed by atoms with E-state index < -0.39 is 0 Å². The number of fused-ring (bicyclic) bond motifs is 2. The maximum absolute atomic E-state index is 12.5. The Bertz CT molecular complexity index is 1160. The molecule has 0 fully saturated rings. The van der Waals surface area contributed by atoms with Crippen molar-refractivity contribution in [2.75, 3.05) is 12.4 Å². The molecule has 0 saturated carbocycles. The number of methoxy groups -OCH3 is 1. The molecule has 0 saturated heterocycles. The molecule has 1 aliphatic rings. The Morgan fingerprint density at radius 2 is 1.92 bits per heavy atom. The van der Waals surface area contributed by atoms with Crippen LogP contribution in [0.2, 0.25) is 0 Å². The molecule has 0 unspecified atom stereocenters. The summed E-state index contributed by atoms with van der Waals surface area (Å²) >= 11 is 1.53. The number of hydrogen-bond acceptors (Lipinski definition) is 4. The van der Waals surface area contributed by atoms with E-state index in [1.165, 1.54) is 33.2 Å². The van der Waals surface area contributed by atoms with E-state index in [1.807, 2.05) is 0 Å². The van der Waals surface area contributed by atoms with Crippen LogP contribution in [-0.2, 0) is 12.8 Å². The van der Waals surface area contributed by atoms with Crippen LogP contribution in [0.25, 0.3) is 21.0 Å². The molecule has 3 aromatic carbocycles. The van der Waals surface area contributed by atoms with E-state index in [-0.39, 0.29) is 5.91 Å². The summed E-state index contributed by atoms with van der Waals surface area (Å²) in [7, 11) is 1.61. The van der Waals surface area contributed by atoms with Crippen molar-refractivity contribution in [3.63, 3.8) is 0 Å². The third kappa shape index (κ3) is 2.35. The molecule has 1 amide bonds. The van der Waals surface area contributed by atoms with Gasteiger partial charge in [-0.3, -0.25) is 10.1 Å². The highest BCUT2D eigenvalue weighted by molar-refractivity contribution is 7.22. The van der Waals surface area contributed by atoms with Crippen molar-refractivity contribution in [2.24, 2.45) is 0 Å². The lowest BCUT2D eigenvalue weighted by molar-refractivity contribution is 0.102. The number of ether oxygens (including phenoxy) is 1. The Kier molecular flexibility index (Phi) is 3.43. The number of hydrogen-bond donors (Lipinski definition) is 1. The number of aromatic nitrogens is 1. The highest BCUT2D eigenvalue weighted by Gasteiger charge is 2.19. The zero-order valence-corrected chi connectivity index (χ0v) is 15.0. The molecule has 0 radical (unpaired) electrons. The van der Waals surface area contributed by atoms with E-state index in [1.54, 1.807) is 31.4 Å². The molecule has 5 rings (SSSR count). The summed E-state index contributed by atoms with van der Waals surface area (Å²) in [5.74, 6) is 0.565. The van der Waals surface area contributed by atoms with Gasteiger partial charge in [0.25, 0.3) is 5.91 Å². The fraction of sp³-hybridized carbons (Fsp3) is 0.143. The summed E-state index contributed by atoms with van der Waals surface area (Å²) in [4.78, 5) is 17.2. The van der Waals surface area contributed by atoms with Crippen LogP contribution in [0.4, 0.5) is 5.13 Å². The molecule has 5 heteroatoms. The molecule has 4 aromatic rings. The number of aryl methyl sites for hydroxylation is 2. The van der Waals surface area contributed by atoms with Gasteiger partial charge in [-0.1, -0.05) is 29.5 Å². The van der Waals surface area contributed by atoms with E-state index in [4.69, 9.17) is 9.72 Å². The number of nitrogens with one attached hydrogen (secondary N) is 1. The van der Waals surface area contributed by atoms with Gasteiger partial charge in [0, 0.05) is 10.9 Å². The summed E-state index contributed by atoms with van der Waals surface area (Å²) in [6.45, 7) is 0. The Labute approximate surface area is 154 Å². The summed E-state index contributed by atoms with van der Waals surface area (Å²) in [5.41, 5.74) is 4.34. The maximum Gasteiger partial charge on any atom is 0.257 e. The van der Waals surface area contributed by atoms with Gasteiger partial charge in [0.05, 0.1) is 17.3 Å². The van der Waals surface area contributed by atoms with Crippen LogP contribution in [-0.4, -0.2) is 18.0 Å². The lowest BCUT2D eigenvalue weighted by atomic mass is 10.0. The van der Waals surface area contributed by atoms with Gasteiger partial charge in [-0.25, -0.2) is 4.98 Å². The largest absolute Gasteiger partial charge is 0.497 e. The Balaban J connectivity index is 1.53. The molecule has 26 heavy (non-hydrogen) atoms. The predicted molar refractivity (Wildman–Crippen MR) is 105 cm³/mol. The second kappa shape index (κ2) is 5.81. The highest BCUT2D eigenvalue weighted by Crippen LogP contribution is 2.39. The third-order valence-corrected chi connectivity index (χ3v) is 5.84. The molecule has 1 aliphatic carbocycles. The molecule has 0 spiro atoms. The van der Waals surface area contributed by atoms with E-state index in [0.29, 0.717) is 10.7 Å². The van der Waals surface area contributed by atoms with Gasteiger partial charge in [-0.15, -0.1) is 0 Å². The molecule has 0 atom stereocenters. The van der Waals surface area contributed by atoms with Gasteiger partial charge in [0.1, 0.15) is 5.75 Å². The van der Waals surface area contributed by atoms with E-state index in [0.717, 1.165) is 28.8 Å². The SMILES string of the molecule is COc1ccc(C(=O)Nc2nc3c(cc4c5c(cccc53)CC4)s2)cc1. The monoisotopic (exact) mass is 360 g/mol. The Hall–Kier alpha value is -2.92. The number of anilines is 1. The van der Waals surface area contributed by atoms with Gasteiger partial charge < -0.3 is 4.74 Å². The second-order valence-electron chi connectivity index (χ2n) is 6.42. The third-order valence-electron chi connectivity index (χ3n) is 4.92. The van der Waals surface area contributed by atoms with Crippen molar-refractivity contribution in [3.8, 4) is 5.75 Å². The van der Waals surface area contributed by atoms with Gasteiger partial charge in [0.15, 0.2) is 5.13 Å². The number of rotatable bonds is 3. The van der Waals surface area contributed by atoms with E-state index in [9.17, 15) is 4.79 Å². The average molecular weight is 360 g/mol. The molecule has 0 bridgehead atoms. The van der Waals surface area contributed by atoms with Crippen molar-refractivity contribution in [1.29, 1.82) is 0 Å². The summed E-state index contributed by atoms with van der Waals surface area (Å²) < 4.78 is 6.25. The van der Waals surface area contributed by atoms with E-state index >= 15 is 0 Å². The normalized spacial score (nSPS) is 12.7. The number of amides is 1. The first-order valence-corrected chi connectivity index (χ1v) is 9.34. The van der Waals surface area contributed by atoms with Crippen LogP contribution < -0.4 is 10.1 Å². The topological polar surface area (TPSA) is 51.2 Å². The van der Waals surface area contributed by atoms with Gasteiger partial charge in [-0.05, 0) is 59.7 Å². The first-order valence-electron chi connectivity index (χ1n) is 8.52. The molecule has 1 aromatic heterocycles. The number of benzene rings is 3. The molecular formula is C21H16N2O2S. The van der Waals surface area contributed by atoms with Crippen molar-refractivity contribution in [3.05, 3.63) is 65.2 Å². The van der Waals surface area contributed by atoms with Crippen molar-refractivity contribution in [1.82, 2.24) is 4.98 Å². The minimum atomic E-state index is -0.163. The number of thiazole rings is 1. The zero-order chi connectivity index (χ0) is 17.7. The lowest BCUT2D eigenvalue weighted by Crippen LogP contribution is -2.11. The predicted octanol–water partition coefficient (Wildman–Crippen LogP) is 4.81. The van der Waals surface area contributed by atoms with Crippen LogP contribution >= 0.6 is 11.3 Å². The smallest absolute Gasteiger partial charge is 0.257 e. The number of carbonyl (C=O) groups excluding carboxylic acids is 1. The Morgan fingerprint density at radius 1 is 1.12 bits per heavy atom. The van der Waals surface area contributed by atoms with Gasteiger partial charge in [-0.2, -0.15) is 0 Å². The van der Waals surface area contributed by atoms with Crippen LogP contribution in [0.5, 0.6) is 5.75 Å². The van der Waals surface area contributed by atoms with Crippen molar-refractivity contribution < 1.29 is 9.53 Å². The van der Waals surface area contributed by atoms with Gasteiger partial charge >= 0.3 is 0 Å². The van der Waals surface area contributed by atoms with E-state index in [2.05, 4.69) is 29.6 Å². The fourth-order valence-electron chi connectivity index (χ4n) is 3.67. The van der Waals surface area contributed by atoms with Crippen LogP contribution in [0.3, 0.4) is 0 Å². The summed E-state index contributed by atoms with van der Waals surface area (Å²) in [6, 6.07) is 15.7. The summed E-state index contributed by atoms with van der Waals surface area (Å²) in [5, 5.41) is 6.09. The van der Waals surface area contributed by atoms with Crippen molar-refractivity contribution in [2.45, 2.75) is 12.8 Å². The quantitative estimate of drug-likeness (QED) is 0.570. The zero-order valence-electron chi connectivity index (χ0n) is 14.2. The average Bonchev–Trinajstić information content (AvgIpc) is 3.27. The number of nitrogens with zero attached hydrogens (tertiary/aromatic N) is 1.